The van der Waals surface area contributed by atoms with E-state index in [2.05, 4.69) is 12.1 Å². The normalized spacial score (nSPS) is 17.4. The number of rotatable bonds is 3. The molecule has 0 aromatic heterocycles. The summed E-state index contributed by atoms with van der Waals surface area (Å²) in [6.07, 6.45) is 2.07. The van der Waals surface area contributed by atoms with Gasteiger partial charge in [-0.1, -0.05) is 42.5 Å². The first-order valence-electron chi connectivity index (χ1n) is 8.96. The van der Waals surface area contributed by atoms with Crippen molar-refractivity contribution in [2.75, 3.05) is 26.2 Å². The lowest BCUT2D eigenvalue weighted by atomic mass is 10.0. The van der Waals surface area contributed by atoms with E-state index < -0.39 is 0 Å². The van der Waals surface area contributed by atoms with Gasteiger partial charge < -0.3 is 9.80 Å². The smallest absolute Gasteiger partial charge is 0.253 e. The summed E-state index contributed by atoms with van der Waals surface area (Å²) in [5.74, 6) is 0.588. The maximum absolute atomic E-state index is 12.7. The van der Waals surface area contributed by atoms with E-state index in [4.69, 9.17) is 0 Å². The average Bonchev–Trinajstić information content (AvgIpc) is 3.53. The minimum Gasteiger partial charge on any atom is -0.339 e. The molecule has 0 N–H and O–H groups in total. The highest BCUT2D eigenvalue weighted by atomic mass is 16.2. The van der Waals surface area contributed by atoms with Crippen molar-refractivity contribution in [3.05, 3.63) is 60.2 Å². The van der Waals surface area contributed by atoms with Crippen molar-refractivity contribution >= 4 is 11.8 Å². The Morgan fingerprint density at radius 3 is 1.88 bits per heavy atom. The number of hydrogen-bond donors (Lipinski definition) is 0. The van der Waals surface area contributed by atoms with Crippen molar-refractivity contribution in [2.45, 2.75) is 12.8 Å². The molecule has 2 aromatic rings. The first-order valence-corrected chi connectivity index (χ1v) is 8.96. The minimum absolute atomic E-state index is 0.0538. The van der Waals surface area contributed by atoms with E-state index in [-0.39, 0.29) is 17.7 Å². The summed E-state index contributed by atoms with van der Waals surface area (Å²) in [7, 11) is 0. The van der Waals surface area contributed by atoms with Crippen LogP contribution in [0, 0.1) is 5.92 Å². The summed E-state index contributed by atoms with van der Waals surface area (Å²) < 4.78 is 0. The molecule has 4 rings (SSSR count). The summed E-state index contributed by atoms with van der Waals surface area (Å²) in [4.78, 5) is 28.6. The van der Waals surface area contributed by atoms with E-state index in [0.717, 1.165) is 24.0 Å². The van der Waals surface area contributed by atoms with Gasteiger partial charge in [0.05, 0.1) is 0 Å². The molecule has 1 aliphatic carbocycles. The largest absolute Gasteiger partial charge is 0.339 e. The number of benzene rings is 2. The summed E-state index contributed by atoms with van der Waals surface area (Å²) in [6, 6.07) is 17.9. The maximum Gasteiger partial charge on any atom is 0.253 e. The Hall–Kier alpha value is -2.62. The summed E-state index contributed by atoms with van der Waals surface area (Å²) in [6.45, 7) is 2.56. The van der Waals surface area contributed by atoms with Crippen LogP contribution in [0.1, 0.15) is 23.2 Å². The summed E-state index contributed by atoms with van der Waals surface area (Å²) >= 11 is 0. The Bertz CT molecular complexity index is 758. The Kier molecular flexibility index (Phi) is 4.26. The number of carbonyl (C=O) groups is 2. The molecule has 2 fully saturated rings. The monoisotopic (exact) mass is 334 g/mol. The molecule has 4 nitrogen and oxygen atoms in total. The van der Waals surface area contributed by atoms with Gasteiger partial charge in [0.25, 0.3) is 5.91 Å². The highest BCUT2D eigenvalue weighted by molar-refractivity contribution is 5.95. The van der Waals surface area contributed by atoms with E-state index in [0.29, 0.717) is 31.7 Å². The molecular weight excluding hydrogens is 312 g/mol. The lowest BCUT2D eigenvalue weighted by molar-refractivity contribution is -0.134. The van der Waals surface area contributed by atoms with Gasteiger partial charge in [-0.25, -0.2) is 0 Å². The molecule has 0 unspecified atom stereocenters. The molecule has 1 aliphatic heterocycles. The number of amides is 2. The molecule has 2 amide bonds. The SMILES string of the molecule is O=C(c1ccc(-c2ccccc2)cc1)N1CCN(C(=O)C2CC2)CC1. The Morgan fingerprint density at radius 2 is 1.28 bits per heavy atom. The Labute approximate surface area is 148 Å². The number of nitrogens with zero attached hydrogens (tertiary/aromatic N) is 2. The fourth-order valence-corrected chi connectivity index (χ4v) is 3.34. The molecular formula is C21H22N2O2. The third-order valence-corrected chi connectivity index (χ3v) is 5.04. The molecule has 1 saturated heterocycles. The van der Waals surface area contributed by atoms with Crippen molar-refractivity contribution in [2.24, 2.45) is 5.92 Å². The zero-order valence-electron chi connectivity index (χ0n) is 14.2. The van der Waals surface area contributed by atoms with Crippen LogP contribution >= 0.6 is 0 Å². The molecule has 2 aliphatic rings. The van der Waals surface area contributed by atoms with E-state index in [1.165, 1.54) is 0 Å². The van der Waals surface area contributed by atoms with Crippen LogP contribution < -0.4 is 0 Å². The van der Waals surface area contributed by atoms with Gasteiger partial charge in [0.15, 0.2) is 0 Å². The molecule has 0 bridgehead atoms. The Balaban J connectivity index is 1.39. The highest BCUT2D eigenvalue weighted by Gasteiger charge is 2.35. The molecule has 1 heterocycles. The van der Waals surface area contributed by atoms with Crippen molar-refractivity contribution in [1.82, 2.24) is 9.80 Å². The molecule has 1 saturated carbocycles. The zero-order chi connectivity index (χ0) is 17.2. The fraction of sp³-hybridized carbons (Fsp3) is 0.333. The van der Waals surface area contributed by atoms with Crippen molar-refractivity contribution in [1.29, 1.82) is 0 Å². The van der Waals surface area contributed by atoms with E-state index in [9.17, 15) is 9.59 Å². The van der Waals surface area contributed by atoms with Gasteiger partial charge in [0, 0.05) is 37.7 Å². The lowest BCUT2D eigenvalue weighted by Gasteiger charge is -2.35. The van der Waals surface area contributed by atoms with Crippen LogP contribution in [0.25, 0.3) is 11.1 Å². The third-order valence-electron chi connectivity index (χ3n) is 5.04. The van der Waals surface area contributed by atoms with Gasteiger partial charge in [-0.05, 0) is 36.1 Å². The van der Waals surface area contributed by atoms with Crippen LogP contribution in [0.5, 0.6) is 0 Å². The van der Waals surface area contributed by atoms with Crippen LogP contribution in [0.2, 0.25) is 0 Å². The molecule has 25 heavy (non-hydrogen) atoms. The number of carbonyl (C=O) groups excluding carboxylic acids is 2. The molecule has 0 radical (unpaired) electrons. The van der Waals surface area contributed by atoms with E-state index >= 15 is 0 Å². The third kappa shape index (κ3) is 3.43. The molecule has 0 spiro atoms. The number of piperazine rings is 1. The lowest BCUT2D eigenvalue weighted by Crippen LogP contribution is -2.51. The second-order valence-corrected chi connectivity index (χ2v) is 6.84. The fourth-order valence-electron chi connectivity index (χ4n) is 3.34. The summed E-state index contributed by atoms with van der Waals surface area (Å²) in [5, 5.41) is 0. The van der Waals surface area contributed by atoms with Crippen LogP contribution in [0.15, 0.2) is 54.6 Å². The van der Waals surface area contributed by atoms with Crippen LogP contribution in [0.4, 0.5) is 0 Å². The van der Waals surface area contributed by atoms with Gasteiger partial charge in [-0.15, -0.1) is 0 Å². The Morgan fingerprint density at radius 1 is 0.720 bits per heavy atom. The molecule has 128 valence electrons. The first kappa shape index (κ1) is 15.9. The standard InChI is InChI=1S/C21H22N2O2/c24-20(22-12-14-23(15-13-22)21(25)19-10-11-19)18-8-6-17(7-9-18)16-4-2-1-3-5-16/h1-9,19H,10-15H2. The predicted octanol–water partition coefficient (Wildman–Crippen LogP) is 3.05. The van der Waals surface area contributed by atoms with Crippen molar-refractivity contribution in [3.8, 4) is 11.1 Å². The second kappa shape index (κ2) is 6.71. The van der Waals surface area contributed by atoms with Gasteiger partial charge >= 0.3 is 0 Å². The zero-order valence-corrected chi connectivity index (χ0v) is 14.2. The highest BCUT2D eigenvalue weighted by Crippen LogP contribution is 2.31. The predicted molar refractivity (Wildman–Crippen MR) is 97.1 cm³/mol. The van der Waals surface area contributed by atoms with E-state index in [1.54, 1.807) is 0 Å². The van der Waals surface area contributed by atoms with Crippen LogP contribution in [0.3, 0.4) is 0 Å². The van der Waals surface area contributed by atoms with E-state index in [1.807, 2.05) is 52.3 Å². The van der Waals surface area contributed by atoms with Crippen LogP contribution in [-0.4, -0.2) is 47.8 Å². The minimum atomic E-state index is 0.0538. The second-order valence-electron chi connectivity index (χ2n) is 6.84. The average molecular weight is 334 g/mol. The summed E-state index contributed by atoms with van der Waals surface area (Å²) in [5.41, 5.74) is 2.97. The maximum atomic E-state index is 12.7. The van der Waals surface area contributed by atoms with Crippen LogP contribution in [-0.2, 0) is 4.79 Å². The van der Waals surface area contributed by atoms with Crippen molar-refractivity contribution in [3.63, 3.8) is 0 Å². The van der Waals surface area contributed by atoms with Gasteiger partial charge in [-0.2, -0.15) is 0 Å². The molecule has 0 atom stereocenters. The number of hydrogen-bond acceptors (Lipinski definition) is 2. The van der Waals surface area contributed by atoms with Crippen molar-refractivity contribution < 1.29 is 9.59 Å². The quantitative estimate of drug-likeness (QED) is 0.866. The molecule has 4 heteroatoms. The first-order chi connectivity index (χ1) is 12.2. The van der Waals surface area contributed by atoms with Gasteiger partial charge in [0.1, 0.15) is 0 Å². The van der Waals surface area contributed by atoms with Gasteiger partial charge in [-0.3, -0.25) is 9.59 Å². The van der Waals surface area contributed by atoms with Gasteiger partial charge in [0.2, 0.25) is 5.91 Å². The topological polar surface area (TPSA) is 40.6 Å². The molecule has 2 aromatic carbocycles.